The number of anilines is 2. The molecule has 4 rings (SSSR count). The van der Waals surface area contributed by atoms with Crippen LogP contribution in [0.1, 0.15) is 16.8 Å². The van der Waals surface area contributed by atoms with Crippen molar-refractivity contribution in [2.24, 2.45) is 0 Å². The smallest absolute Gasteiger partial charge is 0.230 e. The minimum atomic E-state index is -0.0949. The van der Waals surface area contributed by atoms with Crippen molar-refractivity contribution in [1.82, 2.24) is 10.1 Å². The van der Waals surface area contributed by atoms with Crippen LogP contribution in [0.5, 0.6) is 0 Å². The summed E-state index contributed by atoms with van der Waals surface area (Å²) in [5, 5.41) is 8.02. The van der Waals surface area contributed by atoms with E-state index in [0.717, 1.165) is 54.0 Å². The van der Waals surface area contributed by atoms with E-state index in [1.165, 1.54) is 5.69 Å². The number of fused-ring (bicyclic) bond motifs is 1. The highest BCUT2D eigenvalue weighted by Crippen LogP contribution is 2.25. The molecule has 0 aliphatic carbocycles. The molecule has 1 aromatic heterocycles. The van der Waals surface area contributed by atoms with Crippen LogP contribution in [0, 0.1) is 13.8 Å². The molecule has 1 fully saturated rings. The minimum absolute atomic E-state index is 0.0949. The van der Waals surface area contributed by atoms with Gasteiger partial charge in [-0.25, -0.2) is 0 Å². The van der Waals surface area contributed by atoms with Crippen LogP contribution >= 0.6 is 0 Å². The third-order valence-electron chi connectivity index (χ3n) is 5.33. The van der Waals surface area contributed by atoms with Gasteiger partial charge in [0.15, 0.2) is 5.58 Å². The minimum Gasteiger partial charge on any atom is -0.369 e. The van der Waals surface area contributed by atoms with E-state index in [1.807, 2.05) is 32.0 Å². The number of rotatable bonds is 4. The van der Waals surface area contributed by atoms with E-state index in [9.17, 15) is 4.79 Å². The van der Waals surface area contributed by atoms with Crippen LogP contribution < -0.4 is 10.2 Å². The maximum absolute atomic E-state index is 12.5. The average molecular weight is 378 g/mol. The SMILES string of the molecule is Cc1cc(C)c2c(CC(=O)Nc3ccc(N4CCN(C)CC4)cc3)noc2c1. The molecule has 1 amide bonds. The van der Waals surface area contributed by atoms with E-state index in [4.69, 9.17) is 4.52 Å². The molecule has 2 aromatic carbocycles. The van der Waals surface area contributed by atoms with Gasteiger partial charge in [-0.15, -0.1) is 0 Å². The number of piperazine rings is 1. The summed E-state index contributed by atoms with van der Waals surface area (Å²) in [6.45, 7) is 8.24. The van der Waals surface area contributed by atoms with Gasteiger partial charge >= 0.3 is 0 Å². The number of hydrogen-bond acceptors (Lipinski definition) is 5. The second-order valence-electron chi connectivity index (χ2n) is 7.65. The highest BCUT2D eigenvalue weighted by atomic mass is 16.5. The number of aryl methyl sites for hydroxylation is 2. The first kappa shape index (κ1) is 18.5. The Kier molecular flexibility index (Phi) is 5.05. The number of nitrogens with zero attached hydrogens (tertiary/aromatic N) is 3. The third-order valence-corrected chi connectivity index (χ3v) is 5.33. The number of nitrogens with one attached hydrogen (secondary N) is 1. The normalized spacial score (nSPS) is 15.2. The topological polar surface area (TPSA) is 61.6 Å². The maximum Gasteiger partial charge on any atom is 0.230 e. The second-order valence-corrected chi connectivity index (χ2v) is 7.65. The molecule has 0 spiro atoms. The van der Waals surface area contributed by atoms with Gasteiger partial charge in [-0.3, -0.25) is 4.79 Å². The molecule has 0 saturated carbocycles. The van der Waals surface area contributed by atoms with Gasteiger partial charge in [0.1, 0.15) is 5.69 Å². The van der Waals surface area contributed by atoms with Crippen LogP contribution in [0.15, 0.2) is 40.9 Å². The zero-order chi connectivity index (χ0) is 19.7. The number of amides is 1. The number of aromatic nitrogens is 1. The lowest BCUT2D eigenvalue weighted by molar-refractivity contribution is -0.115. The fraction of sp³-hybridized carbons (Fsp3) is 0.364. The first-order valence-electron chi connectivity index (χ1n) is 9.68. The van der Waals surface area contributed by atoms with Crippen LogP contribution in [0.4, 0.5) is 11.4 Å². The Bertz CT molecular complexity index is 986. The van der Waals surface area contributed by atoms with Crippen molar-refractivity contribution in [3.8, 4) is 0 Å². The van der Waals surface area contributed by atoms with Gasteiger partial charge in [0.2, 0.25) is 5.91 Å². The Morgan fingerprint density at radius 2 is 1.82 bits per heavy atom. The molecular formula is C22H26N4O2. The van der Waals surface area contributed by atoms with E-state index in [-0.39, 0.29) is 12.3 Å². The van der Waals surface area contributed by atoms with Crippen LogP contribution in [0.25, 0.3) is 11.0 Å². The highest BCUT2D eigenvalue weighted by molar-refractivity contribution is 5.95. The van der Waals surface area contributed by atoms with Crippen LogP contribution in [0.3, 0.4) is 0 Å². The van der Waals surface area contributed by atoms with Crippen molar-refractivity contribution < 1.29 is 9.32 Å². The van der Waals surface area contributed by atoms with Crippen LogP contribution in [-0.2, 0) is 11.2 Å². The molecule has 146 valence electrons. The molecule has 0 bridgehead atoms. The van der Waals surface area contributed by atoms with Gasteiger partial charge in [-0.2, -0.15) is 0 Å². The number of carbonyl (C=O) groups excluding carboxylic acids is 1. The van der Waals surface area contributed by atoms with Gasteiger partial charge in [0.25, 0.3) is 0 Å². The van der Waals surface area contributed by atoms with E-state index in [1.54, 1.807) is 0 Å². The molecule has 0 atom stereocenters. The lowest BCUT2D eigenvalue weighted by atomic mass is 10.0. The van der Waals surface area contributed by atoms with Gasteiger partial charge in [-0.05, 0) is 62.4 Å². The molecule has 0 unspecified atom stereocenters. The van der Waals surface area contributed by atoms with Crippen molar-refractivity contribution in [2.45, 2.75) is 20.3 Å². The zero-order valence-electron chi connectivity index (χ0n) is 16.7. The zero-order valence-corrected chi connectivity index (χ0v) is 16.7. The standard InChI is InChI=1S/C22H26N4O2/c1-15-12-16(2)22-19(24-28-20(22)13-15)14-21(27)23-17-4-6-18(7-5-17)26-10-8-25(3)9-11-26/h4-7,12-13H,8-11,14H2,1-3H3,(H,23,27). The molecule has 28 heavy (non-hydrogen) atoms. The lowest BCUT2D eigenvalue weighted by Gasteiger charge is -2.34. The molecule has 1 N–H and O–H groups in total. The molecule has 3 aromatic rings. The lowest BCUT2D eigenvalue weighted by Crippen LogP contribution is -2.44. The quantitative estimate of drug-likeness (QED) is 0.754. The van der Waals surface area contributed by atoms with E-state index < -0.39 is 0 Å². The number of benzene rings is 2. The van der Waals surface area contributed by atoms with Gasteiger partial charge in [0, 0.05) is 42.9 Å². The van der Waals surface area contributed by atoms with Crippen LogP contribution in [0.2, 0.25) is 0 Å². The summed E-state index contributed by atoms with van der Waals surface area (Å²) in [4.78, 5) is 17.2. The molecule has 1 aliphatic heterocycles. The first-order valence-corrected chi connectivity index (χ1v) is 9.68. The number of carbonyl (C=O) groups is 1. The van der Waals surface area contributed by atoms with Gasteiger partial charge in [-0.1, -0.05) is 11.2 Å². The molecule has 6 heteroatoms. The van der Waals surface area contributed by atoms with E-state index >= 15 is 0 Å². The summed E-state index contributed by atoms with van der Waals surface area (Å²) in [6, 6.07) is 12.1. The van der Waals surface area contributed by atoms with Crippen molar-refractivity contribution >= 4 is 28.3 Å². The van der Waals surface area contributed by atoms with Crippen molar-refractivity contribution in [2.75, 3.05) is 43.4 Å². The summed E-state index contributed by atoms with van der Waals surface area (Å²) in [6.07, 6.45) is 0.192. The Morgan fingerprint density at radius 3 is 2.54 bits per heavy atom. The molecule has 1 saturated heterocycles. The Hall–Kier alpha value is -2.86. The van der Waals surface area contributed by atoms with Gasteiger partial charge in [0.05, 0.1) is 6.42 Å². The molecule has 1 aliphatic rings. The van der Waals surface area contributed by atoms with Gasteiger partial charge < -0.3 is 19.6 Å². The number of likely N-dealkylation sites (N-methyl/N-ethyl adjacent to an activating group) is 1. The monoisotopic (exact) mass is 378 g/mol. The van der Waals surface area contributed by atoms with Crippen molar-refractivity contribution in [3.05, 3.63) is 53.2 Å². The summed E-state index contributed by atoms with van der Waals surface area (Å²) in [5.74, 6) is -0.0949. The fourth-order valence-electron chi connectivity index (χ4n) is 3.82. The summed E-state index contributed by atoms with van der Waals surface area (Å²) >= 11 is 0. The third kappa shape index (κ3) is 3.87. The van der Waals surface area contributed by atoms with Crippen LogP contribution in [-0.4, -0.2) is 49.2 Å². The average Bonchev–Trinajstić information content (AvgIpc) is 3.05. The predicted octanol–water partition coefficient (Wildman–Crippen LogP) is 3.38. The highest BCUT2D eigenvalue weighted by Gasteiger charge is 2.16. The number of hydrogen-bond donors (Lipinski definition) is 1. The summed E-state index contributed by atoms with van der Waals surface area (Å²) < 4.78 is 5.41. The predicted molar refractivity (Wildman–Crippen MR) is 112 cm³/mol. The summed E-state index contributed by atoms with van der Waals surface area (Å²) in [7, 11) is 2.15. The Balaban J connectivity index is 1.41. The molecular weight excluding hydrogens is 352 g/mol. The molecule has 0 radical (unpaired) electrons. The summed E-state index contributed by atoms with van der Waals surface area (Å²) in [5.41, 5.74) is 5.60. The fourth-order valence-corrected chi connectivity index (χ4v) is 3.82. The molecule has 6 nitrogen and oxygen atoms in total. The van der Waals surface area contributed by atoms with Crippen molar-refractivity contribution in [3.63, 3.8) is 0 Å². The Labute approximate surface area is 165 Å². The maximum atomic E-state index is 12.5. The molecule has 2 heterocycles. The van der Waals surface area contributed by atoms with Crippen molar-refractivity contribution in [1.29, 1.82) is 0 Å². The Morgan fingerprint density at radius 1 is 1.11 bits per heavy atom. The largest absolute Gasteiger partial charge is 0.369 e. The first-order chi connectivity index (χ1) is 13.5. The van der Waals surface area contributed by atoms with E-state index in [2.05, 4.69) is 45.5 Å². The van der Waals surface area contributed by atoms with E-state index in [0.29, 0.717) is 5.69 Å². The second kappa shape index (κ2) is 7.64.